The Bertz CT molecular complexity index is 670. The van der Waals surface area contributed by atoms with E-state index in [-0.39, 0.29) is 5.46 Å². The van der Waals surface area contributed by atoms with E-state index in [2.05, 4.69) is 0 Å². The Hall–Kier alpha value is -2.25. The van der Waals surface area contributed by atoms with Gasteiger partial charge in [0, 0.05) is 5.46 Å². The van der Waals surface area contributed by atoms with Crippen LogP contribution in [0.15, 0.2) is 24.3 Å². The van der Waals surface area contributed by atoms with E-state index in [4.69, 9.17) is 9.31 Å². The zero-order valence-corrected chi connectivity index (χ0v) is 9.59. The minimum absolute atomic E-state index is 0.150. The molecule has 2 aromatic rings. The van der Waals surface area contributed by atoms with Gasteiger partial charge in [0.1, 0.15) is 5.82 Å². The summed E-state index contributed by atoms with van der Waals surface area (Å²) < 4.78 is 76.2. The third-order valence-electron chi connectivity index (χ3n) is 2.79. The molecule has 2 aromatic carbocycles. The van der Waals surface area contributed by atoms with E-state index in [9.17, 15) is 22.0 Å². The van der Waals surface area contributed by atoms with Gasteiger partial charge in [-0.2, -0.15) is 8.78 Å². The highest BCUT2D eigenvalue weighted by molar-refractivity contribution is 6.63. The van der Waals surface area contributed by atoms with E-state index in [1.54, 1.807) is 0 Å². The molecule has 20 heavy (non-hydrogen) atoms. The predicted octanol–water partition coefficient (Wildman–Crippen LogP) is 2.55. The number of halogens is 5. The summed E-state index contributed by atoms with van der Waals surface area (Å²) in [6.07, 6.45) is 0. The van der Waals surface area contributed by atoms with Gasteiger partial charge < -0.3 is 9.31 Å². The molecule has 0 atom stereocenters. The van der Waals surface area contributed by atoms with E-state index >= 15 is 0 Å². The van der Waals surface area contributed by atoms with Crippen LogP contribution in [0, 0.1) is 29.1 Å². The summed E-state index contributed by atoms with van der Waals surface area (Å²) in [6.45, 7) is 0. The van der Waals surface area contributed by atoms with Crippen molar-refractivity contribution in [2.45, 2.75) is 0 Å². The van der Waals surface area contributed by atoms with Crippen LogP contribution in [-0.4, -0.2) is 7.12 Å². The Labute approximate surface area is 109 Å². The summed E-state index contributed by atoms with van der Waals surface area (Å²) in [5, 5.41) is 0. The van der Waals surface area contributed by atoms with Crippen molar-refractivity contribution < 1.29 is 31.3 Å². The second kappa shape index (κ2) is 4.40. The Balaban J connectivity index is 2.08. The van der Waals surface area contributed by atoms with Crippen molar-refractivity contribution in [3.05, 3.63) is 53.4 Å². The van der Waals surface area contributed by atoms with Crippen LogP contribution in [0.25, 0.3) is 0 Å². The van der Waals surface area contributed by atoms with Gasteiger partial charge in [0.2, 0.25) is 23.3 Å². The van der Waals surface area contributed by atoms with Gasteiger partial charge in [-0.1, -0.05) is 18.2 Å². The van der Waals surface area contributed by atoms with Gasteiger partial charge in [-0.05, 0) is 6.07 Å². The number of benzene rings is 2. The predicted molar refractivity (Wildman–Crippen MR) is 59.3 cm³/mol. The van der Waals surface area contributed by atoms with Crippen LogP contribution >= 0.6 is 0 Å². The quantitative estimate of drug-likeness (QED) is 0.347. The molecule has 0 radical (unpaired) electrons. The van der Waals surface area contributed by atoms with Crippen LogP contribution in [0.2, 0.25) is 0 Å². The molecule has 0 spiro atoms. The zero-order valence-electron chi connectivity index (χ0n) is 9.59. The molecule has 0 aromatic heterocycles. The minimum atomic E-state index is -2.01. The maximum absolute atomic E-state index is 13.5. The van der Waals surface area contributed by atoms with E-state index in [0.29, 0.717) is 0 Å². The molecule has 0 saturated carbocycles. The monoisotopic (exact) mass is 286 g/mol. The second-order valence-corrected chi connectivity index (χ2v) is 4.00. The molecule has 8 heteroatoms. The number of fused-ring (bicyclic) bond motifs is 1. The SMILES string of the molecule is Fc1ccccc1B1Oc2c(F)c(F)c(F)c(F)c2O1. The summed E-state index contributed by atoms with van der Waals surface area (Å²) in [7, 11) is -1.52. The first-order chi connectivity index (χ1) is 9.50. The van der Waals surface area contributed by atoms with Gasteiger partial charge in [0.25, 0.3) is 0 Å². The van der Waals surface area contributed by atoms with Crippen LogP contribution in [0.4, 0.5) is 22.0 Å². The van der Waals surface area contributed by atoms with Crippen molar-refractivity contribution in [2.24, 2.45) is 0 Å². The first kappa shape index (κ1) is 12.8. The number of hydrogen-bond acceptors (Lipinski definition) is 2. The molecule has 1 aliphatic heterocycles. The van der Waals surface area contributed by atoms with Crippen molar-refractivity contribution in [1.29, 1.82) is 0 Å². The molecule has 2 nitrogen and oxygen atoms in total. The minimum Gasteiger partial charge on any atom is -0.517 e. The zero-order chi connectivity index (χ0) is 14.4. The lowest BCUT2D eigenvalue weighted by Gasteiger charge is -2.05. The van der Waals surface area contributed by atoms with E-state index in [0.717, 1.165) is 6.07 Å². The van der Waals surface area contributed by atoms with Crippen LogP contribution in [0.5, 0.6) is 11.5 Å². The van der Waals surface area contributed by atoms with Crippen LogP contribution in [-0.2, 0) is 0 Å². The normalized spacial score (nSPS) is 12.9. The Morgan fingerprint density at radius 2 is 1.20 bits per heavy atom. The van der Waals surface area contributed by atoms with Crippen molar-refractivity contribution >= 4 is 12.6 Å². The average Bonchev–Trinajstić information content (AvgIpc) is 2.88. The van der Waals surface area contributed by atoms with E-state index in [1.807, 2.05) is 0 Å². The highest BCUT2D eigenvalue weighted by atomic mass is 19.2. The molecule has 0 fully saturated rings. The molecule has 0 amide bonds. The van der Waals surface area contributed by atoms with Gasteiger partial charge >= 0.3 is 7.12 Å². The Kier molecular flexibility index (Phi) is 2.81. The summed E-state index contributed by atoms with van der Waals surface area (Å²) in [4.78, 5) is 0. The highest BCUT2D eigenvalue weighted by Gasteiger charge is 2.42. The van der Waals surface area contributed by atoms with E-state index in [1.165, 1.54) is 18.2 Å². The summed E-state index contributed by atoms with van der Waals surface area (Å²) in [6, 6.07) is 5.18. The lowest BCUT2D eigenvalue weighted by atomic mass is 9.79. The topological polar surface area (TPSA) is 18.5 Å². The maximum atomic E-state index is 13.5. The largest absolute Gasteiger partial charge is 0.635 e. The van der Waals surface area contributed by atoms with Gasteiger partial charge in [-0.3, -0.25) is 0 Å². The molecular formula is C12H4BF5O2. The number of hydrogen-bond donors (Lipinski definition) is 0. The Morgan fingerprint density at radius 3 is 1.70 bits per heavy atom. The van der Waals surface area contributed by atoms with Crippen molar-refractivity contribution in [3.63, 3.8) is 0 Å². The van der Waals surface area contributed by atoms with Crippen molar-refractivity contribution in [3.8, 4) is 11.5 Å². The molecule has 1 heterocycles. The standard InChI is InChI=1S/C12H4BF5O2/c14-6-4-2-1-3-5(6)13-19-11-9(17)7(15)8(16)10(18)12(11)20-13/h1-4H. The molecule has 0 bridgehead atoms. The van der Waals surface area contributed by atoms with Crippen LogP contribution in [0.3, 0.4) is 0 Å². The average molecular weight is 286 g/mol. The Morgan fingerprint density at radius 1 is 0.700 bits per heavy atom. The third kappa shape index (κ3) is 1.71. The molecule has 3 rings (SSSR count). The molecular weight excluding hydrogens is 282 g/mol. The van der Waals surface area contributed by atoms with Crippen LogP contribution < -0.4 is 14.8 Å². The summed E-state index contributed by atoms with van der Waals surface area (Å²) in [5.74, 6) is -10.1. The fourth-order valence-electron chi connectivity index (χ4n) is 1.83. The van der Waals surface area contributed by atoms with Crippen LogP contribution in [0.1, 0.15) is 0 Å². The van der Waals surface area contributed by atoms with Crippen molar-refractivity contribution in [1.82, 2.24) is 0 Å². The lowest BCUT2D eigenvalue weighted by Crippen LogP contribution is -2.41. The molecule has 1 aliphatic rings. The lowest BCUT2D eigenvalue weighted by molar-refractivity contribution is 0.388. The smallest absolute Gasteiger partial charge is 0.517 e. The second-order valence-electron chi connectivity index (χ2n) is 4.00. The maximum Gasteiger partial charge on any atom is 0.635 e. The van der Waals surface area contributed by atoms with Gasteiger partial charge in [0.15, 0.2) is 11.5 Å². The summed E-state index contributed by atoms with van der Waals surface area (Å²) in [5.41, 5.74) is -0.150. The first-order valence-electron chi connectivity index (χ1n) is 5.44. The fraction of sp³-hybridized carbons (Fsp3) is 0. The first-order valence-corrected chi connectivity index (χ1v) is 5.44. The van der Waals surface area contributed by atoms with Gasteiger partial charge in [0.05, 0.1) is 0 Å². The third-order valence-corrected chi connectivity index (χ3v) is 2.79. The molecule has 0 unspecified atom stereocenters. The molecule has 0 saturated heterocycles. The van der Waals surface area contributed by atoms with Gasteiger partial charge in [-0.15, -0.1) is 0 Å². The van der Waals surface area contributed by atoms with Gasteiger partial charge in [-0.25, -0.2) is 13.2 Å². The fourth-order valence-corrected chi connectivity index (χ4v) is 1.83. The van der Waals surface area contributed by atoms with Crippen molar-refractivity contribution in [2.75, 3.05) is 0 Å². The molecule has 0 aliphatic carbocycles. The number of rotatable bonds is 1. The molecule has 102 valence electrons. The summed E-state index contributed by atoms with van der Waals surface area (Å²) >= 11 is 0. The van der Waals surface area contributed by atoms with E-state index < -0.39 is 47.7 Å². The highest BCUT2D eigenvalue weighted by Crippen LogP contribution is 2.41. The molecule has 0 N–H and O–H groups in total.